The third-order valence-corrected chi connectivity index (χ3v) is 19.1. The minimum atomic E-state index is -0.813. The molecule has 0 fully saturated rings. The number of rotatable bonds is 0. The van der Waals surface area contributed by atoms with Gasteiger partial charge in [0.2, 0.25) is 34.2 Å². The van der Waals surface area contributed by atoms with E-state index < -0.39 is 17.7 Å². The maximum atomic E-state index is 2.85. The monoisotopic (exact) mass is 837 g/mol. The van der Waals surface area contributed by atoms with Crippen LogP contribution in [-0.4, -0.2) is 44.6 Å². The lowest BCUT2D eigenvalue weighted by molar-refractivity contribution is -1.09. The zero-order chi connectivity index (χ0) is 40.6. The Morgan fingerprint density at radius 2 is 0.545 bits per heavy atom. The molecule has 15 aliphatic rings. The van der Waals surface area contributed by atoms with Gasteiger partial charge in [0.1, 0.15) is 15.7 Å². The molecule has 0 amide bonds. The molecule has 0 N–H and O–H groups in total. The highest BCUT2D eigenvalue weighted by Gasteiger charge is 2.90. The molecule has 0 bridgehead atoms. The van der Waals surface area contributed by atoms with Crippen molar-refractivity contribution in [2.75, 3.05) is 0 Å². The molecule has 21 heterocycles. The number of aromatic nitrogens is 9. The van der Waals surface area contributed by atoms with E-state index in [2.05, 4.69) is 182 Å². The van der Waals surface area contributed by atoms with Crippen molar-refractivity contribution in [3.63, 3.8) is 0 Å². The first-order valence-electron chi connectivity index (χ1n) is 23.2. The Labute approximate surface area is 362 Å². The van der Waals surface area contributed by atoms with Gasteiger partial charge in [0.05, 0.1) is 47.8 Å². The zero-order valence-corrected chi connectivity index (χ0v) is 34.0. The minimum absolute atomic E-state index is 0.813. The molecule has 25 rings (SSSR count). The second-order valence-corrected chi connectivity index (χ2v) is 20.8. The molecule has 3 atom stereocenters. The normalized spacial score (nSPS) is 26.3. The third-order valence-electron chi connectivity index (χ3n) is 19.1. The Kier molecular flexibility index (Phi) is 2.87. The van der Waals surface area contributed by atoms with E-state index in [1.165, 1.54) is 164 Å². The zero-order valence-electron chi connectivity index (χ0n) is 34.0. The van der Waals surface area contributed by atoms with Crippen LogP contribution in [0.5, 0.6) is 0 Å². The van der Waals surface area contributed by atoms with Gasteiger partial charge >= 0.3 is 83.9 Å². The summed E-state index contributed by atoms with van der Waals surface area (Å²) in [4.78, 5) is 0. The molecule has 288 valence electrons. The van der Waals surface area contributed by atoms with Crippen LogP contribution in [0.1, 0.15) is 0 Å². The van der Waals surface area contributed by atoms with E-state index in [1.807, 2.05) is 0 Å². The van der Waals surface area contributed by atoms with Crippen LogP contribution in [0.15, 0.2) is 109 Å². The van der Waals surface area contributed by atoms with Crippen LogP contribution in [0.2, 0.25) is 0 Å². The molecule has 0 aliphatic carbocycles. The highest BCUT2D eigenvalue weighted by Crippen LogP contribution is 2.49. The number of allylic oxidation sites excluding steroid dienone is 3. The molecule has 0 saturated heterocycles. The fraction of sp³-hybridized carbons (Fsp3) is 0.0556. The molecule has 6 aromatic heterocycles. The van der Waals surface area contributed by atoms with E-state index in [-0.39, 0.29) is 0 Å². The third kappa shape index (κ3) is 1.78. The molecule has 15 aliphatic heterocycles. The Balaban J connectivity index is 1.19. The van der Waals surface area contributed by atoms with Gasteiger partial charge in [-0.3, -0.25) is 0 Å². The molecule has 3 spiro atoms. The number of hydrogen-bond acceptors (Lipinski definition) is 0. The van der Waals surface area contributed by atoms with Crippen molar-refractivity contribution in [2.45, 2.75) is 17.7 Å². The van der Waals surface area contributed by atoms with Gasteiger partial charge in [0.15, 0.2) is 0 Å². The van der Waals surface area contributed by atoms with E-state index in [0.717, 1.165) is 0 Å². The van der Waals surface area contributed by atoms with Gasteiger partial charge in [-0.25, -0.2) is 0 Å². The maximum Gasteiger partial charge on any atom is 0.668 e. The molecule has 0 saturated carbocycles. The summed E-state index contributed by atoms with van der Waals surface area (Å²) in [6.07, 6.45) is 21.6. The predicted octanol–water partition coefficient (Wildman–Crippen LogP) is -3.71. The van der Waals surface area contributed by atoms with Crippen LogP contribution in [0.25, 0.3) is 102 Å². The topological polar surface area (TPSA) is 47.1 Å². The van der Waals surface area contributed by atoms with Gasteiger partial charge in [-0.1, -0.05) is 0 Å². The maximum absolute atomic E-state index is 2.85. The highest BCUT2D eigenvalue weighted by atomic mass is 15.7. The van der Waals surface area contributed by atoms with Crippen molar-refractivity contribution < 1.29 is 41.1 Å². The lowest BCUT2D eigenvalue weighted by Gasteiger charge is -2.27. The van der Waals surface area contributed by atoms with Crippen LogP contribution in [0.3, 0.4) is 0 Å². The molecule has 0 radical (unpaired) electrons. The predicted molar refractivity (Wildman–Crippen MR) is 230 cm³/mol. The second-order valence-electron chi connectivity index (χ2n) is 20.8. The summed E-state index contributed by atoms with van der Waals surface area (Å²) in [5.41, 5.74) is 23.0. The minimum Gasteiger partial charge on any atom is -0.155 e. The molecule has 12 nitrogen and oxygen atoms in total. The first-order valence-corrected chi connectivity index (χ1v) is 23.2. The Bertz CT molecular complexity index is 5390. The number of nitrogens with zero attached hydrogens (tertiary/aromatic N) is 12. The molecule has 2 unspecified atom stereocenters. The largest absolute Gasteiger partial charge is 0.668 e. The Hall–Kier alpha value is -9.03. The molecular weight excluding hydrogens is 817 g/mol. The fourth-order valence-corrected chi connectivity index (χ4v) is 17.7. The lowest BCUT2D eigenvalue weighted by Crippen LogP contribution is -2.86. The average molecular weight is 838 g/mol. The van der Waals surface area contributed by atoms with Crippen molar-refractivity contribution in [1.82, 2.24) is 13.7 Å². The van der Waals surface area contributed by atoms with Crippen LogP contribution >= 0.6 is 0 Å². The van der Waals surface area contributed by atoms with E-state index in [0.29, 0.717) is 0 Å². The van der Waals surface area contributed by atoms with Gasteiger partial charge in [-0.15, -0.1) is 0 Å². The van der Waals surface area contributed by atoms with Crippen LogP contribution in [-0.2, 0) is 17.7 Å². The quantitative estimate of drug-likeness (QED) is 0.0860. The Morgan fingerprint density at radius 1 is 0.273 bits per heavy atom. The first-order chi connectivity index (χ1) is 32.8. The Morgan fingerprint density at radius 3 is 0.848 bits per heavy atom. The number of hydrogen-bond donors (Lipinski definition) is 0. The highest BCUT2D eigenvalue weighted by molar-refractivity contribution is 6.20. The van der Waals surface area contributed by atoms with Gasteiger partial charge in [0, 0.05) is 54.7 Å². The summed E-state index contributed by atoms with van der Waals surface area (Å²) >= 11 is 0. The molecular formula is C54H21N12+9. The van der Waals surface area contributed by atoms with Crippen molar-refractivity contribution in [2.24, 2.45) is 0 Å². The van der Waals surface area contributed by atoms with Gasteiger partial charge in [0.25, 0.3) is 0 Å². The van der Waals surface area contributed by atoms with Gasteiger partial charge in [-0.2, -0.15) is 13.7 Å². The summed E-state index contributed by atoms with van der Waals surface area (Å²) in [6.45, 7) is 0. The van der Waals surface area contributed by atoms with Crippen molar-refractivity contribution in [1.29, 1.82) is 0 Å². The van der Waals surface area contributed by atoms with E-state index in [9.17, 15) is 0 Å². The SMILES string of the molecule is C1=CC2=[N+]3C1=c1ccc4c5c1[n+]1c6c7c8c9c%10c6[n+]6c%11c(ccc%12c%11[n+]%10[C@@]%10%11n%13c(ccc%13=c%13ccc%14c(c%13[n+]9%10)[n+]8C8(n9c(ccc9=4)=CC4=[N+]8C=%14C=C4)[n+]57)=CC4=[N+]%11C=%12C=C4)=c4ccc(n4C316)=C2. The first kappa shape index (κ1) is 27.2. The summed E-state index contributed by atoms with van der Waals surface area (Å²) < 4.78 is 33.4. The summed E-state index contributed by atoms with van der Waals surface area (Å²) in [5, 5.41) is 15.1. The fourth-order valence-electron chi connectivity index (χ4n) is 17.7. The number of benzene rings is 4. The second kappa shape index (κ2) is 6.95. The molecule has 10 aromatic rings. The standard InChI is InChI=1S/C54H21N12/c1-13-34-28-7-8-29-36-15-3-24-20-25-5-17-38-32-11-12-33-39-18-6-27-21-26-4-16-37-31-10-9-30-35-14-2-23-19-22(1)55(34)52(56(23)35)61-40(28)41(29)63-48-46(61)47-49-51-50(48)65(53(63,57(24)36)58(25)38)44(32)45(33)66(51)54(59(26)37,60(27)39)64(49)43(31)42(30)62(47)52/h1-21H/q+9/t52-,53?,54?/m1/s1. The van der Waals surface area contributed by atoms with E-state index in [4.69, 9.17) is 0 Å². The van der Waals surface area contributed by atoms with Crippen molar-refractivity contribution in [3.05, 3.63) is 173 Å². The van der Waals surface area contributed by atoms with Crippen molar-refractivity contribution >= 4 is 119 Å². The molecule has 12 heteroatoms. The smallest absolute Gasteiger partial charge is 0.155 e. The lowest BCUT2D eigenvalue weighted by atomic mass is 10.1. The van der Waals surface area contributed by atoms with E-state index >= 15 is 0 Å². The van der Waals surface area contributed by atoms with Gasteiger partial charge < -0.3 is 0 Å². The molecule has 4 aromatic carbocycles. The van der Waals surface area contributed by atoms with E-state index in [1.54, 1.807) is 0 Å². The average Bonchev–Trinajstić information content (AvgIpc) is 4.20. The van der Waals surface area contributed by atoms with Crippen LogP contribution in [0, 0.1) is 31.7 Å². The summed E-state index contributed by atoms with van der Waals surface area (Å²) in [6, 6.07) is 29.0. The summed E-state index contributed by atoms with van der Waals surface area (Å²) in [7, 11) is 0. The summed E-state index contributed by atoms with van der Waals surface area (Å²) in [5.74, 6) is -2.44. The van der Waals surface area contributed by atoms with Gasteiger partial charge in [-0.05, 0) is 114 Å². The van der Waals surface area contributed by atoms with Crippen molar-refractivity contribution in [3.8, 4) is 0 Å². The van der Waals surface area contributed by atoms with Crippen LogP contribution < -0.4 is 59.1 Å². The molecule has 66 heavy (non-hydrogen) atoms. The van der Waals surface area contributed by atoms with Crippen LogP contribution in [0.4, 0.5) is 0 Å².